The Labute approximate surface area is 223 Å². The molecule has 6 nitrogen and oxygen atoms in total. The standard InChI is InChI=1S/C28H27ClN2O4S2/c1-16-11-18(3)27(19(4)12-16)36(32,33)30-25-15-24(29)26(23-10-8-7-9-22(23)25)31-37(34,35)28-20(5)13-17(2)14-21(28)6/h7-15H,1-6H3/b30-25+,31-26+. The summed E-state index contributed by atoms with van der Waals surface area (Å²) in [4.78, 5) is 0.264. The van der Waals surface area contributed by atoms with Gasteiger partial charge in [0.25, 0.3) is 20.0 Å². The minimum atomic E-state index is -4.12. The number of fused-ring (bicyclic) bond motifs is 1. The fourth-order valence-electron chi connectivity index (χ4n) is 4.96. The number of rotatable bonds is 4. The molecule has 0 saturated heterocycles. The van der Waals surface area contributed by atoms with Gasteiger partial charge in [-0.2, -0.15) is 25.6 Å². The molecule has 0 amide bonds. The molecule has 0 spiro atoms. The predicted molar refractivity (Wildman–Crippen MR) is 149 cm³/mol. The van der Waals surface area contributed by atoms with Gasteiger partial charge in [0.1, 0.15) is 5.71 Å². The van der Waals surface area contributed by atoms with Crippen LogP contribution in [0.1, 0.15) is 44.5 Å². The van der Waals surface area contributed by atoms with Gasteiger partial charge in [-0.3, -0.25) is 0 Å². The largest absolute Gasteiger partial charge is 0.283 e. The summed E-state index contributed by atoms with van der Waals surface area (Å²) in [5.74, 6) is 0. The van der Waals surface area contributed by atoms with Crippen molar-refractivity contribution < 1.29 is 16.8 Å². The van der Waals surface area contributed by atoms with Gasteiger partial charge in [0.05, 0.1) is 20.5 Å². The number of halogens is 1. The lowest BCUT2D eigenvalue weighted by Gasteiger charge is -2.18. The van der Waals surface area contributed by atoms with Gasteiger partial charge in [0, 0.05) is 11.1 Å². The Kier molecular flexibility index (Phi) is 7.05. The van der Waals surface area contributed by atoms with Crippen LogP contribution in [0.2, 0.25) is 0 Å². The van der Waals surface area contributed by atoms with Crippen LogP contribution < -0.4 is 0 Å². The van der Waals surface area contributed by atoms with Crippen molar-refractivity contribution >= 4 is 43.1 Å². The van der Waals surface area contributed by atoms with Crippen molar-refractivity contribution in [1.29, 1.82) is 0 Å². The van der Waals surface area contributed by atoms with Crippen molar-refractivity contribution in [3.8, 4) is 0 Å². The van der Waals surface area contributed by atoms with Crippen LogP contribution in [0.5, 0.6) is 0 Å². The van der Waals surface area contributed by atoms with E-state index in [0.717, 1.165) is 11.1 Å². The van der Waals surface area contributed by atoms with E-state index in [1.165, 1.54) is 6.08 Å². The van der Waals surface area contributed by atoms with E-state index in [4.69, 9.17) is 11.6 Å². The van der Waals surface area contributed by atoms with Gasteiger partial charge < -0.3 is 0 Å². The summed E-state index contributed by atoms with van der Waals surface area (Å²) >= 11 is 6.55. The molecule has 0 atom stereocenters. The quantitative estimate of drug-likeness (QED) is 0.393. The molecule has 4 rings (SSSR count). The number of aryl methyl sites for hydroxylation is 6. The van der Waals surface area contributed by atoms with Crippen molar-refractivity contribution in [2.45, 2.75) is 51.3 Å². The average Bonchev–Trinajstić information content (AvgIpc) is 2.74. The molecule has 0 aliphatic heterocycles. The van der Waals surface area contributed by atoms with Crippen LogP contribution in [-0.2, 0) is 20.0 Å². The lowest BCUT2D eigenvalue weighted by Crippen LogP contribution is -2.19. The third-order valence-corrected chi connectivity index (χ3v) is 9.57. The zero-order valence-corrected chi connectivity index (χ0v) is 23.8. The van der Waals surface area contributed by atoms with E-state index in [1.807, 2.05) is 13.8 Å². The first-order valence-electron chi connectivity index (χ1n) is 11.5. The third-order valence-electron chi connectivity index (χ3n) is 6.10. The highest BCUT2D eigenvalue weighted by molar-refractivity contribution is 7.90. The minimum absolute atomic E-state index is 0.0176. The van der Waals surface area contributed by atoms with Crippen LogP contribution in [0.3, 0.4) is 0 Å². The third kappa shape index (κ3) is 5.19. The number of hydrogen-bond acceptors (Lipinski definition) is 4. The lowest BCUT2D eigenvalue weighted by atomic mass is 9.94. The van der Waals surface area contributed by atoms with Crippen molar-refractivity contribution in [2.75, 3.05) is 0 Å². The van der Waals surface area contributed by atoms with Crippen LogP contribution in [0.25, 0.3) is 0 Å². The van der Waals surface area contributed by atoms with E-state index < -0.39 is 20.0 Å². The average molecular weight is 555 g/mol. The lowest BCUT2D eigenvalue weighted by molar-refractivity contribution is 0.595. The molecular formula is C28H27ClN2O4S2. The van der Waals surface area contributed by atoms with Gasteiger partial charge in [-0.05, 0) is 69.9 Å². The van der Waals surface area contributed by atoms with Crippen molar-refractivity contribution in [2.24, 2.45) is 8.80 Å². The van der Waals surface area contributed by atoms with Gasteiger partial charge in [-0.1, -0.05) is 71.3 Å². The zero-order chi connectivity index (χ0) is 27.3. The predicted octanol–water partition coefficient (Wildman–Crippen LogP) is 6.03. The minimum Gasteiger partial charge on any atom is -0.199 e. The Morgan fingerprint density at radius 3 is 1.49 bits per heavy atom. The molecule has 0 heterocycles. The molecular weight excluding hydrogens is 528 g/mol. The molecule has 3 aromatic rings. The maximum absolute atomic E-state index is 13.4. The molecule has 1 aliphatic rings. The fraction of sp³-hybridized carbons (Fsp3) is 0.214. The van der Waals surface area contributed by atoms with E-state index >= 15 is 0 Å². The highest BCUT2D eigenvalue weighted by Crippen LogP contribution is 2.31. The normalized spacial score (nSPS) is 16.1. The van der Waals surface area contributed by atoms with E-state index in [0.29, 0.717) is 33.4 Å². The first-order chi connectivity index (χ1) is 17.2. The Bertz CT molecular complexity index is 1720. The molecule has 0 aromatic heterocycles. The number of benzene rings is 3. The van der Waals surface area contributed by atoms with Crippen LogP contribution in [-0.4, -0.2) is 28.3 Å². The van der Waals surface area contributed by atoms with Crippen molar-refractivity contribution in [1.82, 2.24) is 0 Å². The Hall–Kier alpha value is -3.07. The Balaban J connectivity index is 1.90. The van der Waals surface area contributed by atoms with Gasteiger partial charge in [0.15, 0.2) is 0 Å². The summed E-state index contributed by atoms with van der Waals surface area (Å²) in [5.41, 5.74) is 5.21. The number of hydrogen-bond donors (Lipinski definition) is 0. The molecule has 3 aromatic carbocycles. The molecule has 192 valence electrons. The van der Waals surface area contributed by atoms with E-state index in [2.05, 4.69) is 8.80 Å². The first kappa shape index (κ1) is 27.0. The summed E-state index contributed by atoms with van der Waals surface area (Å²) in [5, 5.41) is -0.0176. The summed E-state index contributed by atoms with van der Waals surface area (Å²) in [7, 11) is -8.21. The summed E-state index contributed by atoms with van der Waals surface area (Å²) < 4.78 is 61.8. The molecule has 0 unspecified atom stereocenters. The Morgan fingerprint density at radius 2 is 1.03 bits per heavy atom. The van der Waals surface area contributed by atoms with Gasteiger partial charge in [-0.25, -0.2) is 0 Å². The van der Waals surface area contributed by atoms with Crippen molar-refractivity contribution in [3.05, 3.63) is 104 Å². The number of nitrogens with zero attached hydrogens (tertiary/aromatic N) is 2. The van der Waals surface area contributed by atoms with E-state index in [-0.39, 0.29) is 26.2 Å². The molecule has 9 heteroatoms. The van der Waals surface area contributed by atoms with Gasteiger partial charge in [-0.15, -0.1) is 0 Å². The summed E-state index contributed by atoms with van der Waals surface area (Å²) in [6.07, 6.45) is 1.35. The highest BCUT2D eigenvalue weighted by Gasteiger charge is 2.28. The van der Waals surface area contributed by atoms with Crippen LogP contribution in [0.15, 0.2) is 78.2 Å². The van der Waals surface area contributed by atoms with Gasteiger partial charge >= 0.3 is 0 Å². The number of sulfonamides is 2. The van der Waals surface area contributed by atoms with Crippen molar-refractivity contribution in [3.63, 3.8) is 0 Å². The second-order valence-corrected chi connectivity index (χ2v) is 12.8. The first-order valence-corrected chi connectivity index (χ1v) is 14.8. The second-order valence-electron chi connectivity index (χ2n) is 9.36. The molecule has 37 heavy (non-hydrogen) atoms. The molecule has 1 aliphatic carbocycles. The SMILES string of the molecule is Cc1cc(C)c(S(=O)(=O)/N=C2C=C(Cl)/C(=N/S(=O)(=O)c3c(C)cc(C)cc3C)c3ccccc3\2)c(C)c1. The smallest absolute Gasteiger partial charge is 0.199 e. The van der Waals surface area contributed by atoms with E-state index in [9.17, 15) is 16.8 Å². The van der Waals surface area contributed by atoms with Crippen LogP contribution >= 0.6 is 11.6 Å². The summed E-state index contributed by atoms with van der Waals surface area (Å²) in [6.45, 7) is 10.7. The zero-order valence-electron chi connectivity index (χ0n) is 21.4. The maximum atomic E-state index is 13.4. The molecule has 0 radical (unpaired) electrons. The molecule has 0 bridgehead atoms. The second kappa shape index (κ2) is 9.67. The van der Waals surface area contributed by atoms with Crippen LogP contribution in [0, 0.1) is 41.5 Å². The van der Waals surface area contributed by atoms with Gasteiger partial charge in [0.2, 0.25) is 0 Å². The monoisotopic (exact) mass is 554 g/mol. The number of allylic oxidation sites excluding steroid dienone is 2. The maximum Gasteiger partial charge on any atom is 0.283 e. The van der Waals surface area contributed by atoms with Crippen LogP contribution in [0.4, 0.5) is 0 Å². The molecule has 0 N–H and O–H groups in total. The highest BCUT2D eigenvalue weighted by atomic mass is 35.5. The topological polar surface area (TPSA) is 93.0 Å². The summed E-state index contributed by atoms with van der Waals surface area (Å²) in [6, 6.07) is 13.9. The molecule has 0 fully saturated rings. The Morgan fingerprint density at radius 1 is 0.622 bits per heavy atom. The fourth-order valence-corrected chi connectivity index (χ4v) is 8.15. The van der Waals surface area contributed by atoms with E-state index in [1.54, 1.807) is 76.2 Å². The molecule has 0 saturated carbocycles.